The summed E-state index contributed by atoms with van der Waals surface area (Å²) in [6.07, 6.45) is 7.66. The first-order chi connectivity index (χ1) is 9.24. The number of hydrogen-bond acceptors (Lipinski definition) is 3. The molecule has 1 unspecified atom stereocenters. The van der Waals surface area contributed by atoms with Gasteiger partial charge < -0.3 is 9.88 Å². The molecule has 0 aliphatic heterocycles. The van der Waals surface area contributed by atoms with Gasteiger partial charge in [0.2, 0.25) is 0 Å². The predicted molar refractivity (Wildman–Crippen MR) is 76.9 cm³/mol. The number of aromatic nitrogens is 3. The van der Waals surface area contributed by atoms with E-state index >= 15 is 0 Å². The molecular formula is C15H22N4. The number of nitrogens with zero attached hydrogens (tertiary/aromatic N) is 3. The number of likely N-dealkylation sites (N-methyl/N-ethyl adjacent to an activating group) is 1. The van der Waals surface area contributed by atoms with Crippen molar-refractivity contribution in [2.75, 3.05) is 6.54 Å². The van der Waals surface area contributed by atoms with Gasteiger partial charge in [0.05, 0.1) is 18.1 Å². The molecule has 0 bridgehead atoms. The zero-order valence-corrected chi connectivity index (χ0v) is 11.9. The van der Waals surface area contributed by atoms with Gasteiger partial charge in [-0.15, -0.1) is 0 Å². The summed E-state index contributed by atoms with van der Waals surface area (Å²) in [5.41, 5.74) is 3.59. The van der Waals surface area contributed by atoms with Crippen LogP contribution in [0, 0.1) is 0 Å². The Balaban J connectivity index is 2.14. The number of aryl methyl sites for hydroxylation is 2. The molecule has 0 saturated carbocycles. The van der Waals surface area contributed by atoms with E-state index in [1.807, 2.05) is 25.8 Å². The molecule has 0 amide bonds. The van der Waals surface area contributed by atoms with Crippen molar-refractivity contribution in [1.29, 1.82) is 0 Å². The van der Waals surface area contributed by atoms with Gasteiger partial charge >= 0.3 is 0 Å². The smallest absolute Gasteiger partial charge is 0.0946 e. The van der Waals surface area contributed by atoms with Crippen LogP contribution in [0.3, 0.4) is 0 Å². The Morgan fingerprint density at radius 1 is 1.26 bits per heavy atom. The number of pyridine rings is 1. The lowest BCUT2D eigenvalue weighted by Crippen LogP contribution is -2.25. The average Bonchev–Trinajstić information content (AvgIpc) is 2.85. The van der Waals surface area contributed by atoms with Crippen LogP contribution in [0.4, 0.5) is 0 Å². The van der Waals surface area contributed by atoms with Gasteiger partial charge in [-0.3, -0.25) is 4.98 Å². The molecule has 0 fully saturated rings. The summed E-state index contributed by atoms with van der Waals surface area (Å²) in [4.78, 5) is 8.74. The molecule has 4 heteroatoms. The number of rotatable bonds is 6. The minimum absolute atomic E-state index is 0.262. The van der Waals surface area contributed by atoms with E-state index in [0.717, 1.165) is 25.1 Å². The second-order valence-corrected chi connectivity index (χ2v) is 4.76. The van der Waals surface area contributed by atoms with Crippen molar-refractivity contribution in [2.45, 2.75) is 32.7 Å². The van der Waals surface area contributed by atoms with Gasteiger partial charge in [0.1, 0.15) is 0 Å². The lowest BCUT2D eigenvalue weighted by Gasteiger charge is -2.18. The maximum atomic E-state index is 4.54. The highest BCUT2D eigenvalue weighted by molar-refractivity contribution is 5.17. The standard InChI is InChI=1S/C15H22N4/c1-4-12-6-7-13(18-9-12)8-14(17-5-2)15-10-16-11-19(15)3/h6-7,9-11,14,17H,4-5,8H2,1-3H3. The summed E-state index contributed by atoms with van der Waals surface area (Å²) in [6, 6.07) is 4.55. The second kappa shape index (κ2) is 6.48. The molecule has 2 heterocycles. The van der Waals surface area contributed by atoms with Gasteiger partial charge in [-0.05, 0) is 24.6 Å². The molecule has 2 aromatic heterocycles. The van der Waals surface area contributed by atoms with Gasteiger partial charge in [-0.2, -0.15) is 0 Å². The van der Waals surface area contributed by atoms with E-state index in [-0.39, 0.29) is 6.04 Å². The molecule has 0 saturated heterocycles. The first-order valence-corrected chi connectivity index (χ1v) is 6.88. The van der Waals surface area contributed by atoms with E-state index in [0.29, 0.717) is 0 Å². The monoisotopic (exact) mass is 258 g/mol. The van der Waals surface area contributed by atoms with Crippen molar-refractivity contribution in [3.8, 4) is 0 Å². The lowest BCUT2D eigenvalue weighted by molar-refractivity contribution is 0.515. The van der Waals surface area contributed by atoms with Gasteiger partial charge in [0.25, 0.3) is 0 Å². The summed E-state index contributed by atoms with van der Waals surface area (Å²) < 4.78 is 2.06. The number of nitrogens with one attached hydrogen (secondary N) is 1. The fourth-order valence-corrected chi connectivity index (χ4v) is 2.23. The minimum Gasteiger partial charge on any atom is -0.336 e. The molecule has 102 valence electrons. The minimum atomic E-state index is 0.262. The first kappa shape index (κ1) is 13.7. The van der Waals surface area contributed by atoms with Gasteiger partial charge in [-0.1, -0.05) is 19.9 Å². The van der Waals surface area contributed by atoms with Gasteiger partial charge in [-0.25, -0.2) is 4.98 Å². The molecule has 1 atom stereocenters. The summed E-state index contributed by atoms with van der Waals surface area (Å²) in [5, 5.41) is 3.50. The summed E-state index contributed by atoms with van der Waals surface area (Å²) in [6.45, 7) is 5.20. The predicted octanol–water partition coefficient (Wildman–Crippen LogP) is 2.27. The van der Waals surface area contributed by atoms with E-state index in [2.05, 4.69) is 45.8 Å². The van der Waals surface area contributed by atoms with E-state index in [1.165, 1.54) is 11.3 Å². The quantitative estimate of drug-likeness (QED) is 0.864. The Labute approximate surface area is 114 Å². The van der Waals surface area contributed by atoms with Crippen molar-refractivity contribution in [3.05, 3.63) is 47.8 Å². The van der Waals surface area contributed by atoms with Crippen molar-refractivity contribution in [3.63, 3.8) is 0 Å². The SMILES string of the molecule is CCNC(Cc1ccc(CC)cn1)c1cncn1C. The number of imidazole rings is 1. The first-order valence-electron chi connectivity index (χ1n) is 6.88. The van der Waals surface area contributed by atoms with Crippen LogP contribution in [-0.4, -0.2) is 21.1 Å². The maximum absolute atomic E-state index is 4.54. The molecule has 4 nitrogen and oxygen atoms in total. The third-order valence-corrected chi connectivity index (χ3v) is 3.37. The fourth-order valence-electron chi connectivity index (χ4n) is 2.23. The fraction of sp³-hybridized carbons (Fsp3) is 0.467. The Bertz CT molecular complexity index is 501. The normalized spacial score (nSPS) is 12.6. The summed E-state index contributed by atoms with van der Waals surface area (Å²) >= 11 is 0. The molecule has 1 N–H and O–H groups in total. The molecule has 19 heavy (non-hydrogen) atoms. The summed E-state index contributed by atoms with van der Waals surface area (Å²) in [5.74, 6) is 0. The van der Waals surface area contributed by atoms with Crippen LogP contribution in [0.5, 0.6) is 0 Å². The summed E-state index contributed by atoms with van der Waals surface area (Å²) in [7, 11) is 2.03. The van der Waals surface area contributed by atoms with Crippen LogP contribution in [-0.2, 0) is 19.9 Å². The van der Waals surface area contributed by atoms with Gasteiger partial charge in [0.15, 0.2) is 0 Å². The van der Waals surface area contributed by atoms with Gasteiger partial charge in [0, 0.05) is 31.6 Å². The Morgan fingerprint density at radius 3 is 2.63 bits per heavy atom. The van der Waals surface area contributed by atoms with E-state index in [1.54, 1.807) is 0 Å². The Morgan fingerprint density at radius 2 is 2.11 bits per heavy atom. The van der Waals surface area contributed by atoms with Crippen LogP contribution < -0.4 is 5.32 Å². The maximum Gasteiger partial charge on any atom is 0.0946 e. The third kappa shape index (κ3) is 3.41. The molecule has 0 aliphatic carbocycles. The van der Waals surface area contributed by atoms with Crippen LogP contribution in [0.1, 0.15) is 36.8 Å². The van der Waals surface area contributed by atoms with E-state index in [4.69, 9.17) is 0 Å². The topological polar surface area (TPSA) is 42.7 Å². The lowest BCUT2D eigenvalue weighted by atomic mass is 10.1. The third-order valence-electron chi connectivity index (χ3n) is 3.37. The molecule has 0 radical (unpaired) electrons. The molecule has 0 spiro atoms. The van der Waals surface area contributed by atoms with Crippen LogP contribution >= 0.6 is 0 Å². The number of hydrogen-bond donors (Lipinski definition) is 1. The molecule has 0 aromatic carbocycles. The highest BCUT2D eigenvalue weighted by Crippen LogP contribution is 2.16. The average molecular weight is 258 g/mol. The zero-order valence-electron chi connectivity index (χ0n) is 11.9. The Kier molecular flexibility index (Phi) is 4.68. The van der Waals surface area contributed by atoms with Crippen molar-refractivity contribution in [1.82, 2.24) is 19.9 Å². The largest absolute Gasteiger partial charge is 0.336 e. The molecule has 0 aliphatic rings. The highest BCUT2D eigenvalue weighted by atomic mass is 15.1. The van der Waals surface area contributed by atoms with Crippen molar-refractivity contribution in [2.24, 2.45) is 7.05 Å². The zero-order chi connectivity index (χ0) is 13.7. The molecular weight excluding hydrogens is 236 g/mol. The Hall–Kier alpha value is -1.68. The van der Waals surface area contributed by atoms with Crippen LogP contribution in [0.25, 0.3) is 0 Å². The van der Waals surface area contributed by atoms with Crippen molar-refractivity contribution < 1.29 is 0 Å². The molecule has 2 aromatic rings. The molecule has 2 rings (SSSR count). The van der Waals surface area contributed by atoms with E-state index in [9.17, 15) is 0 Å². The second-order valence-electron chi connectivity index (χ2n) is 4.76. The van der Waals surface area contributed by atoms with Crippen molar-refractivity contribution >= 4 is 0 Å². The highest BCUT2D eigenvalue weighted by Gasteiger charge is 2.15. The van der Waals surface area contributed by atoms with E-state index < -0.39 is 0 Å². The van der Waals surface area contributed by atoms with Crippen LogP contribution in [0.2, 0.25) is 0 Å². The van der Waals surface area contributed by atoms with Crippen LogP contribution in [0.15, 0.2) is 30.9 Å².